The number of nitrogens with one attached hydrogen (secondary N) is 2. The Kier molecular flexibility index (Phi) is 6.30. The zero-order valence-electron chi connectivity index (χ0n) is 18.5. The minimum absolute atomic E-state index is 0.00199. The number of hydrazone groups is 1. The maximum Gasteiger partial charge on any atom is 0.231 e. The van der Waals surface area contributed by atoms with E-state index in [1.54, 1.807) is 0 Å². The molecule has 2 amide bonds. The second-order valence-corrected chi connectivity index (χ2v) is 9.29. The van der Waals surface area contributed by atoms with Crippen molar-refractivity contribution < 1.29 is 14.3 Å². The van der Waals surface area contributed by atoms with E-state index in [4.69, 9.17) is 4.74 Å². The quantitative estimate of drug-likeness (QED) is 0.680. The fraction of sp³-hybridized carbons (Fsp3) is 0.625. The second-order valence-electron chi connectivity index (χ2n) is 9.29. The molecule has 3 aliphatic heterocycles. The highest BCUT2D eigenvalue weighted by Gasteiger charge is 2.50. The van der Waals surface area contributed by atoms with Crippen LogP contribution in [0.1, 0.15) is 56.9 Å². The van der Waals surface area contributed by atoms with Crippen LogP contribution in [0.25, 0.3) is 0 Å². The van der Waals surface area contributed by atoms with Crippen molar-refractivity contribution in [1.82, 2.24) is 20.5 Å². The number of amides is 2. The van der Waals surface area contributed by atoms with Crippen molar-refractivity contribution in [2.45, 2.75) is 76.3 Å². The average Bonchev–Trinajstić information content (AvgIpc) is 3.50. The van der Waals surface area contributed by atoms with Gasteiger partial charge >= 0.3 is 0 Å². The summed E-state index contributed by atoms with van der Waals surface area (Å²) < 4.78 is 5.59. The van der Waals surface area contributed by atoms with E-state index in [1.165, 1.54) is 0 Å². The minimum Gasteiger partial charge on any atom is -0.376 e. The molecular formula is C24H33N5O3. The van der Waals surface area contributed by atoms with Crippen LogP contribution in [-0.4, -0.2) is 59.0 Å². The summed E-state index contributed by atoms with van der Waals surface area (Å²) in [5, 5.41) is 7.60. The molecule has 8 nitrogen and oxygen atoms in total. The largest absolute Gasteiger partial charge is 0.376 e. The Hall–Kier alpha value is -2.61. The lowest BCUT2D eigenvalue weighted by molar-refractivity contribution is -0.156. The molecule has 8 heteroatoms. The number of fused-ring (bicyclic) bond motifs is 3. The first-order valence-electron chi connectivity index (χ1n) is 12.0. The highest BCUT2D eigenvalue weighted by atomic mass is 16.5. The van der Waals surface area contributed by atoms with Crippen LogP contribution in [0.5, 0.6) is 0 Å². The molecule has 32 heavy (non-hydrogen) atoms. The van der Waals surface area contributed by atoms with Crippen molar-refractivity contribution >= 4 is 17.6 Å². The maximum absolute atomic E-state index is 13.4. The highest BCUT2D eigenvalue weighted by molar-refractivity contribution is 5.91. The van der Waals surface area contributed by atoms with Crippen LogP contribution in [0.2, 0.25) is 0 Å². The Morgan fingerprint density at radius 2 is 2.00 bits per heavy atom. The molecule has 5 rings (SSSR count). The van der Waals surface area contributed by atoms with Crippen molar-refractivity contribution in [1.29, 1.82) is 0 Å². The van der Waals surface area contributed by atoms with E-state index < -0.39 is 0 Å². The SMILES string of the molecule is O=C(CCC1=NNC2N(Cc3ccccc3)C(=O)C3CCCCC3N12)NCC1CCCO1. The number of rotatable bonds is 7. The van der Waals surface area contributed by atoms with E-state index in [0.29, 0.717) is 25.9 Å². The molecule has 1 aliphatic carbocycles. The number of carbonyl (C=O) groups is 2. The van der Waals surface area contributed by atoms with Gasteiger partial charge in [-0.1, -0.05) is 43.2 Å². The number of ether oxygens (including phenoxy) is 1. The molecular weight excluding hydrogens is 406 g/mol. The normalized spacial score (nSPS) is 29.2. The van der Waals surface area contributed by atoms with Gasteiger partial charge in [0.15, 0.2) is 6.29 Å². The van der Waals surface area contributed by atoms with E-state index in [0.717, 1.165) is 56.5 Å². The van der Waals surface area contributed by atoms with E-state index in [-0.39, 0.29) is 36.2 Å². The summed E-state index contributed by atoms with van der Waals surface area (Å²) in [7, 11) is 0. The molecule has 3 heterocycles. The third kappa shape index (κ3) is 4.33. The predicted molar refractivity (Wildman–Crippen MR) is 120 cm³/mol. The molecule has 3 fully saturated rings. The van der Waals surface area contributed by atoms with Gasteiger partial charge in [0.2, 0.25) is 11.8 Å². The molecule has 0 radical (unpaired) electrons. The zero-order valence-corrected chi connectivity index (χ0v) is 18.5. The number of carbonyl (C=O) groups excluding carboxylic acids is 2. The summed E-state index contributed by atoms with van der Waals surface area (Å²) in [5.74, 6) is 1.14. The topological polar surface area (TPSA) is 86.3 Å². The van der Waals surface area contributed by atoms with Crippen LogP contribution in [0, 0.1) is 5.92 Å². The minimum atomic E-state index is -0.271. The Labute approximate surface area is 189 Å². The molecule has 1 aromatic rings. The van der Waals surface area contributed by atoms with Gasteiger partial charge in [-0.3, -0.25) is 19.9 Å². The van der Waals surface area contributed by atoms with Crippen LogP contribution in [0.4, 0.5) is 0 Å². The molecule has 0 spiro atoms. The van der Waals surface area contributed by atoms with Crippen LogP contribution >= 0.6 is 0 Å². The Morgan fingerprint density at radius 1 is 1.16 bits per heavy atom. The smallest absolute Gasteiger partial charge is 0.231 e. The molecule has 1 saturated carbocycles. The summed E-state index contributed by atoms with van der Waals surface area (Å²) in [6, 6.07) is 10.3. The molecule has 0 aromatic heterocycles. The number of nitrogens with zero attached hydrogens (tertiary/aromatic N) is 3. The fourth-order valence-corrected chi connectivity index (χ4v) is 5.53. The van der Waals surface area contributed by atoms with Gasteiger partial charge in [-0.25, -0.2) is 0 Å². The van der Waals surface area contributed by atoms with Crippen molar-refractivity contribution in [3.63, 3.8) is 0 Å². The van der Waals surface area contributed by atoms with Crippen LogP contribution < -0.4 is 10.7 Å². The summed E-state index contributed by atoms with van der Waals surface area (Å²) in [5.41, 5.74) is 4.32. The zero-order chi connectivity index (χ0) is 21.9. The highest BCUT2D eigenvalue weighted by Crippen LogP contribution is 2.38. The molecule has 4 unspecified atom stereocenters. The number of amidine groups is 1. The van der Waals surface area contributed by atoms with Gasteiger partial charge in [0, 0.05) is 38.6 Å². The predicted octanol–water partition coefficient (Wildman–Crippen LogP) is 2.17. The van der Waals surface area contributed by atoms with Gasteiger partial charge in [0.05, 0.1) is 12.0 Å². The van der Waals surface area contributed by atoms with Gasteiger partial charge in [0.1, 0.15) is 5.84 Å². The Bertz CT molecular complexity index is 854. The number of hydrogen-bond donors (Lipinski definition) is 2. The van der Waals surface area contributed by atoms with E-state index >= 15 is 0 Å². The van der Waals surface area contributed by atoms with Crippen molar-refractivity contribution in [3.8, 4) is 0 Å². The second kappa shape index (κ2) is 9.48. The van der Waals surface area contributed by atoms with Gasteiger partial charge < -0.3 is 15.0 Å². The van der Waals surface area contributed by atoms with Crippen molar-refractivity contribution in [2.24, 2.45) is 11.0 Å². The Balaban J connectivity index is 1.25. The summed E-state index contributed by atoms with van der Waals surface area (Å²) in [4.78, 5) is 30.1. The van der Waals surface area contributed by atoms with Crippen LogP contribution in [0.3, 0.4) is 0 Å². The summed E-state index contributed by atoms with van der Waals surface area (Å²) in [6.07, 6.45) is 7.06. The lowest BCUT2D eigenvalue weighted by Gasteiger charge is -2.50. The Morgan fingerprint density at radius 3 is 2.81 bits per heavy atom. The molecule has 172 valence electrons. The number of hydrogen-bond acceptors (Lipinski definition) is 6. The van der Waals surface area contributed by atoms with Gasteiger partial charge in [-0.15, -0.1) is 0 Å². The third-order valence-corrected chi connectivity index (χ3v) is 7.18. The van der Waals surface area contributed by atoms with Gasteiger partial charge in [0.25, 0.3) is 0 Å². The molecule has 0 bridgehead atoms. The van der Waals surface area contributed by atoms with Gasteiger partial charge in [-0.2, -0.15) is 5.10 Å². The summed E-state index contributed by atoms with van der Waals surface area (Å²) in [6.45, 7) is 1.93. The molecule has 4 atom stereocenters. The monoisotopic (exact) mass is 439 g/mol. The third-order valence-electron chi connectivity index (χ3n) is 7.18. The van der Waals surface area contributed by atoms with Crippen molar-refractivity contribution in [2.75, 3.05) is 13.2 Å². The van der Waals surface area contributed by atoms with E-state index in [9.17, 15) is 9.59 Å². The molecule has 4 aliphatic rings. The lowest BCUT2D eigenvalue weighted by atomic mass is 9.80. The lowest BCUT2D eigenvalue weighted by Crippen LogP contribution is -2.67. The molecule has 1 aromatic carbocycles. The van der Waals surface area contributed by atoms with E-state index in [2.05, 4.69) is 32.9 Å². The first kappa shape index (κ1) is 21.2. The maximum atomic E-state index is 13.4. The summed E-state index contributed by atoms with van der Waals surface area (Å²) >= 11 is 0. The molecule has 2 saturated heterocycles. The van der Waals surface area contributed by atoms with E-state index in [1.807, 2.05) is 23.1 Å². The number of benzene rings is 1. The van der Waals surface area contributed by atoms with Gasteiger partial charge in [-0.05, 0) is 31.2 Å². The van der Waals surface area contributed by atoms with Crippen molar-refractivity contribution in [3.05, 3.63) is 35.9 Å². The molecule has 2 N–H and O–H groups in total. The first-order valence-corrected chi connectivity index (χ1v) is 12.0. The van der Waals surface area contributed by atoms with Crippen LogP contribution in [0.15, 0.2) is 35.4 Å². The standard InChI is InChI=1S/C24H33N5O3/c30-22(25-15-18-9-6-14-32-18)13-12-21-26-27-24-28(16-17-7-2-1-3-8-17)23(31)19-10-4-5-11-20(19)29(21)24/h1-3,7-8,18-20,24,27H,4-6,9-16H2,(H,25,30). The fourth-order valence-electron chi connectivity index (χ4n) is 5.53. The first-order chi connectivity index (χ1) is 15.7. The average molecular weight is 440 g/mol. The van der Waals surface area contributed by atoms with Crippen LogP contribution in [-0.2, 0) is 20.9 Å².